The van der Waals surface area contributed by atoms with Gasteiger partial charge in [-0.1, -0.05) is 13.3 Å². The lowest BCUT2D eigenvalue weighted by Gasteiger charge is -2.28. The third-order valence-electron chi connectivity index (χ3n) is 2.79. The molecule has 3 heteroatoms. The molecule has 82 valence electrons. The van der Waals surface area contributed by atoms with E-state index in [4.69, 9.17) is 4.74 Å². The minimum absolute atomic E-state index is 0.00453. The first-order valence-electron chi connectivity index (χ1n) is 5.68. The molecule has 1 saturated carbocycles. The predicted molar refractivity (Wildman–Crippen MR) is 56.1 cm³/mol. The van der Waals surface area contributed by atoms with Crippen LogP contribution in [0.25, 0.3) is 0 Å². The normalized spacial score (nSPS) is 27.3. The minimum atomic E-state index is -0.00453. The predicted octanol–water partition coefficient (Wildman–Crippen LogP) is 1.72. The highest BCUT2D eigenvalue weighted by Crippen LogP contribution is 2.25. The first-order valence-corrected chi connectivity index (χ1v) is 5.68. The number of carbonyl (C=O) groups is 1. The van der Waals surface area contributed by atoms with E-state index in [0.717, 1.165) is 25.8 Å². The average Bonchev–Trinajstić information content (AvgIpc) is 2.19. The van der Waals surface area contributed by atoms with E-state index in [1.165, 1.54) is 6.42 Å². The average molecular weight is 199 g/mol. The highest BCUT2D eigenvalue weighted by molar-refractivity contribution is 5.72. The molecule has 1 aliphatic rings. The fraction of sp³-hybridized carbons (Fsp3) is 0.909. The SMILES string of the molecule is CCNC1CCCC(C(=O)OCC)C1. The zero-order valence-electron chi connectivity index (χ0n) is 9.21. The highest BCUT2D eigenvalue weighted by Gasteiger charge is 2.27. The molecule has 0 aliphatic heterocycles. The van der Waals surface area contributed by atoms with Crippen molar-refractivity contribution >= 4 is 5.97 Å². The van der Waals surface area contributed by atoms with Crippen LogP contribution in [0.4, 0.5) is 0 Å². The minimum Gasteiger partial charge on any atom is -0.466 e. The summed E-state index contributed by atoms with van der Waals surface area (Å²) in [7, 11) is 0. The summed E-state index contributed by atoms with van der Waals surface area (Å²) in [4.78, 5) is 11.5. The van der Waals surface area contributed by atoms with Gasteiger partial charge >= 0.3 is 5.97 Å². The molecule has 1 rings (SSSR count). The molecule has 0 aromatic rings. The van der Waals surface area contributed by atoms with Gasteiger partial charge in [-0.25, -0.2) is 0 Å². The molecule has 2 atom stereocenters. The second-order valence-electron chi connectivity index (χ2n) is 3.87. The number of esters is 1. The molecule has 0 heterocycles. The highest BCUT2D eigenvalue weighted by atomic mass is 16.5. The van der Waals surface area contributed by atoms with Crippen LogP contribution in [0.2, 0.25) is 0 Å². The number of hydrogen-bond donors (Lipinski definition) is 1. The van der Waals surface area contributed by atoms with Crippen molar-refractivity contribution in [1.29, 1.82) is 0 Å². The lowest BCUT2D eigenvalue weighted by Crippen LogP contribution is -2.36. The van der Waals surface area contributed by atoms with E-state index in [-0.39, 0.29) is 11.9 Å². The molecule has 3 nitrogen and oxygen atoms in total. The summed E-state index contributed by atoms with van der Waals surface area (Å²) in [6.45, 7) is 5.46. The topological polar surface area (TPSA) is 38.3 Å². The number of hydrogen-bond acceptors (Lipinski definition) is 3. The van der Waals surface area contributed by atoms with E-state index in [9.17, 15) is 4.79 Å². The molecule has 1 fully saturated rings. The summed E-state index contributed by atoms with van der Waals surface area (Å²) in [6, 6.07) is 0.517. The molecule has 0 spiro atoms. The van der Waals surface area contributed by atoms with Gasteiger partial charge < -0.3 is 10.1 Å². The van der Waals surface area contributed by atoms with E-state index >= 15 is 0 Å². The largest absolute Gasteiger partial charge is 0.466 e. The molecule has 0 saturated heterocycles. The van der Waals surface area contributed by atoms with Crippen molar-refractivity contribution in [2.75, 3.05) is 13.2 Å². The van der Waals surface area contributed by atoms with Crippen LogP contribution in [0, 0.1) is 5.92 Å². The Morgan fingerprint density at radius 2 is 2.21 bits per heavy atom. The summed E-state index contributed by atoms with van der Waals surface area (Å²) in [6.07, 6.45) is 4.29. The first-order chi connectivity index (χ1) is 6.77. The van der Waals surface area contributed by atoms with Gasteiger partial charge in [0.05, 0.1) is 12.5 Å². The fourth-order valence-corrected chi connectivity index (χ4v) is 2.14. The standard InChI is InChI=1S/C11H21NO2/c1-3-12-10-7-5-6-9(8-10)11(13)14-4-2/h9-10,12H,3-8H2,1-2H3. The summed E-state index contributed by atoms with van der Waals surface area (Å²) in [5.74, 6) is 0.128. The van der Waals surface area contributed by atoms with Crippen molar-refractivity contribution in [2.45, 2.75) is 45.6 Å². The molecule has 1 N–H and O–H groups in total. The lowest BCUT2D eigenvalue weighted by molar-refractivity contribution is -0.149. The Morgan fingerprint density at radius 3 is 2.86 bits per heavy atom. The Bertz CT molecular complexity index is 180. The van der Waals surface area contributed by atoms with Crippen molar-refractivity contribution in [1.82, 2.24) is 5.32 Å². The van der Waals surface area contributed by atoms with Gasteiger partial charge in [-0.05, 0) is 32.7 Å². The van der Waals surface area contributed by atoms with Gasteiger partial charge in [0.1, 0.15) is 0 Å². The molecular weight excluding hydrogens is 178 g/mol. The summed E-state index contributed by atoms with van der Waals surface area (Å²) in [5, 5.41) is 3.40. The van der Waals surface area contributed by atoms with Crippen LogP contribution in [0.5, 0.6) is 0 Å². The van der Waals surface area contributed by atoms with E-state index in [0.29, 0.717) is 12.6 Å². The molecule has 0 aromatic carbocycles. The summed E-state index contributed by atoms with van der Waals surface area (Å²) < 4.78 is 5.04. The first kappa shape index (κ1) is 11.5. The van der Waals surface area contributed by atoms with Crippen LogP contribution < -0.4 is 5.32 Å². The van der Waals surface area contributed by atoms with E-state index in [2.05, 4.69) is 12.2 Å². The number of rotatable bonds is 4. The Labute approximate surface area is 86.2 Å². The summed E-state index contributed by atoms with van der Waals surface area (Å²) in [5.41, 5.74) is 0. The molecule has 0 radical (unpaired) electrons. The van der Waals surface area contributed by atoms with Gasteiger partial charge in [0, 0.05) is 6.04 Å². The maximum absolute atomic E-state index is 11.5. The molecule has 0 amide bonds. The van der Waals surface area contributed by atoms with Gasteiger partial charge in [-0.2, -0.15) is 0 Å². The Balaban J connectivity index is 2.35. The molecule has 1 aliphatic carbocycles. The van der Waals surface area contributed by atoms with Crippen LogP contribution >= 0.6 is 0 Å². The monoisotopic (exact) mass is 199 g/mol. The fourth-order valence-electron chi connectivity index (χ4n) is 2.14. The summed E-state index contributed by atoms with van der Waals surface area (Å²) >= 11 is 0. The molecule has 2 unspecified atom stereocenters. The van der Waals surface area contributed by atoms with Crippen LogP contribution in [0.15, 0.2) is 0 Å². The Morgan fingerprint density at radius 1 is 1.43 bits per heavy atom. The second-order valence-corrected chi connectivity index (χ2v) is 3.87. The number of nitrogens with one attached hydrogen (secondary N) is 1. The van der Waals surface area contributed by atoms with Gasteiger partial charge in [-0.15, -0.1) is 0 Å². The maximum Gasteiger partial charge on any atom is 0.308 e. The maximum atomic E-state index is 11.5. The third-order valence-corrected chi connectivity index (χ3v) is 2.79. The van der Waals surface area contributed by atoms with Gasteiger partial charge in [0.25, 0.3) is 0 Å². The number of carbonyl (C=O) groups excluding carboxylic acids is 1. The van der Waals surface area contributed by atoms with Crippen molar-refractivity contribution in [3.05, 3.63) is 0 Å². The van der Waals surface area contributed by atoms with Crippen LogP contribution in [0.3, 0.4) is 0 Å². The van der Waals surface area contributed by atoms with Gasteiger partial charge in [0.2, 0.25) is 0 Å². The molecular formula is C11H21NO2. The van der Waals surface area contributed by atoms with Gasteiger partial charge in [-0.3, -0.25) is 4.79 Å². The molecule has 0 aromatic heterocycles. The lowest BCUT2D eigenvalue weighted by atomic mass is 9.86. The van der Waals surface area contributed by atoms with E-state index < -0.39 is 0 Å². The Kier molecular flexibility index (Phi) is 4.94. The van der Waals surface area contributed by atoms with Crippen LogP contribution in [-0.2, 0) is 9.53 Å². The van der Waals surface area contributed by atoms with Crippen LogP contribution in [0.1, 0.15) is 39.5 Å². The van der Waals surface area contributed by atoms with E-state index in [1.807, 2.05) is 6.92 Å². The van der Waals surface area contributed by atoms with Crippen LogP contribution in [-0.4, -0.2) is 25.2 Å². The quantitative estimate of drug-likeness (QED) is 0.701. The zero-order chi connectivity index (χ0) is 10.4. The van der Waals surface area contributed by atoms with Crippen molar-refractivity contribution in [3.63, 3.8) is 0 Å². The molecule has 14 heavy (non-hydrogen) atoms. The van der Waals surface area contributed by atoms with Crippen molar-refractivity contribution in [3.8, 4) is 0 Å². The molecule has 0 bridgehead atoms. The Hall–Kier alpha value is -0.570. The van der Waals surface area contributed by atoms with Crippen molar-refractivity contribution in [2.24, 2.45) is 5.92 Å². The second kappa shape index (κ2) is 6.02. The smallest absolute Gasteiger partial charge is 0.308 e. The van der Waals surface area contributed by atoms with E-state index in [1.54, 1.807) is 0 Å². The third kappa shape index (κ3) is 3.29. The van der Waals surface area contributed by atoms with Gasteiger partial charge in [0.15, 0.2) is 0 Å². The number of ether oxygens (including phenoxy) is 1. The zero-order valence-corrected chi connectivity index (χ0v) is 9.21. The van der Waals surface area contributed by atoms with Crippen molar-refractivity contribution < 1.29 is 9.53 Å².